The van der Waals surface area contributed by atoms with E-state index in [1.54, 1.807) is 6.92 Å². The van der Waals surface area contributed by atoms with E-state index in [2.05, 4.69) is 33.4 Å². The van der Waals surface area contributed by atoms with Crippen LogP contribution in [0.1, 0.15) is 60.3 Å². The van der Waals surface area contributed by atoms with E-state index in [0.29, 0.717) is 6.42 Å². The van der Waals surface area contributed by atoms with Crippen LogP contribution in [0.2, 0.25) is 0 Å². The zero-order valence-corrected chi connectivity index (χ0v) is 15.3. The topological polar surface area (TPSA) is 60.7 Å². The van der Waals surface area contributed by atoms with Crippen molar-refractivity contribution in [3.05, 3.63) is 24.3 Å². The van der Waals surface area contributed by atoms with E-state index < -0.39 is 17.8 Å². The second-order valence-corrected chi connectivity index (χ2v) is 8.93. The number of allylic oxidation sites excluding steroid dienone is 3. The number of fused-ring (bicyclic) bond motifs is 1. The normalized spacial score (nSPS) is 47.0. The Bertz CT molecular complexity index is 491. The van der Waals surface area contributed by atoms with Gasteiger partial charge in [-0.1, -0.05) is 51.5 Å². The van der Waals surface area contributed by atoms with E-state index in [-0.39, 0.29) is 22.7 Å². The van der Waals surface area contributed by atoms with Gasteiger partial charge in [-0.05, 0) is 55.8 Å². The molecule has 23 heavy (non-hydrogen) atoms. The second-order valence-electron chi connectivity index (χ2n) is 8.93. The lowest BCUT2D eigenvalue weighted by molar-refractivity contribution is -0.265. The van der Waals surface area contributed by atoms with Crippen molar-refractivity contribution in [2.24, 2.45) is 22.7 Å². The fourth-order valence-corrected chi connectivity index (χ4v) is 5.67. The quantitative estimate of drug-likeness (QED) is 0.698. The molecule has 0 aliphatic heterocycles. The number of hydrogen-bond donors (Lipinski definition) is 3. The van der Waals surface area contributed by atoms with Crippen molar-refractivity contribution in [3.8, 4) is 0 Å². The molecule has 3 nitrogen and oxygen atoms in total. The predicted octanol–water partition coefficient (Wildman–Crippen LogP) is 3.44. The summed E-state index contributed by atoms with van der Waals surface area (Å²) in [5.74, 6) is -0.103. The van der Waals surface area contributed by atoms with Crippen LogP contribution < -0.4 is 0 Å². The first-order valence-electron chi connectivity index (χ1n) is 8.86. The zero-order chi connectivity index (χ0) is 17.6. The van der Waals surface area contributed by atoms with Gasteiger partial charge in [0.2, 0.25) is 0 Å². The summed E-state index contributed by atoms with van der Waals surface area (Å²) in [4.78, 5) is 0. The van der Waals surface area contributed by atoms with Gasteiger partial charge in [0.15, 0.2) is 0 Å². The van der Waals surface area contributed by atoms with Gasteiger partial charge in [0, 0.05) is 0 Å². The first-order valence-corrected chi connectivity index (χ1v) is 8.86. The van der Waals surface area contributed by atoms with Crippen LogP contribution in [0.15, 0.2) is 24.3 Å². The average molecular weight is 322 g/mol. The Kier molecular flexibility index (Phi) is 4.89. The Labute approximate surface area is 141 Å². The summed E-state index contributed by atoms with van der Waals surface area (Å²) in [5, 5.41) is 32.5. The third-order valence-corrected chi connectivity index (χ3v) is 6.85. The molecule has 3 heteroatoms. The summed E-state index contributed by atoms with van der Waals surface area (Å²) < 4.78 is 0. The maximum atomic E-state index is 11.1. The van der Waals surface area contributed by atoms with Crippen LogP contribution in [0.3, 0.4) is 0 Å². The van der Waals surface area contributed by atoms with Crippen LogP contribution in [0, 0.1) is 22.7 Å². The predicted molar refractivity (Wildman–Crippen MR) is 93.9 cm³/mol. The van der Waals surface area contributed by atoms with Crippen molar-refractivity contribution in [1.82, 2.24) is 0 Å². The minimum Gasteiger partial charge on any atom is -0.390 e. The molecule has 0 aromatic heterocycles. The molecule has 0 spiro atoms. The molecule has 0 bridgehead atoms. The molecule has 6 unspecified atom stereocenters. The highest BCUT2D eigenvalue weighted by Gasteiger charge is 2.64. The number of hydrogen-bond acceptors (Lipinski definition) is 3. The first kappa shape index (κ1) is 18.7. The summed E-state index contributed by atoms with van der Waals surface area (Å²) in [7, 11) is 0. The van der Waals surface area contributed by atoms with Gasteiger partial charge in [0.25, 0.3) is 0 Å². The van der Waals surface area contributed by atoms with Crippen molar-refractivity contribution in [2.45, 2.75) is 78.1 Å². The van der Waals surface area contributed by atoms with Gasteiger partial charge < -0.3 is 15.3 Å². The molecule has 0 aromatic rings. The van der Waals surface area contributed by atoms with Gasteiger partial charge in [-0.25, -0.2) is 0 Å². The molecule has 0 aromatic carbocycles. The molecule has 2 aliphatic carbocycles. The number of aliphatic hydroxyl groups excluding tert-OH is 2. The monoisotopic (exact) mass is 322 g/mol. The minimum absolute atomic E-state index is 0.0126. The molecule has 6 atom stereocenters. The number of aliphatic hydroxyl groups is 3. The lowest BCUT2D eigenvalue weighted by Crippen LogP contribution is -2.69. The van der Waals surface area contributed by atoms with Gasteiger partial charge in [-0.2, -0.15) is 0 Å². The fraction of sp³-hybridized carbons (Fsp3) is 0.800. The molecule has 2 aliphatic rings. The van der Waals surface area contributed by atoms with Crippen LogP contribution in [0.25, 0.3) is 0 Å². The van der Waals surface area contributed by atoms with Crippen LogP contribution in [-0.4, -0.2) is 33.1 Å². The van der Waals surface area contributed by atoms with Gasteiger partial charge in [-0.3, -0.25) is 0 Å². The molecule has 0 saturated heterocycles. The average Bonchev–Trinajstić information content (AvgIpc) is 2.43. The van der Waals surface area contributed by atoms with E-state index in [1.165, 1.54) is 0 Å². The molecule has 2 fully saturated rings. The molecule has 2 saturated carbocycles. The lowest BCUT2D eigenvalue weighted by Gasteiger charge is -2.64. The standard InChI is InChI=1S/C20H34O3/c1-7-13(2)9-10-14-19(5)12-8-11-18(3,4)16(19)15(21)17(22)20(14,6)23/h7,9,14-17,21-23H,1,8,10-12H2,2-6H3/b13-9-. The molecule has 132 valence electrons. The highest BCUT2D eigenvalue weighted by atomic mass is 16.4. The third-order valence-electron chi connectivity index (χ3n) is 6.85. The maximum absolute atomic E-state index is 11.1. The van der Waals surface area contributed by atoms with Crippen molar-refractivity contribution < 1.29 is 15.3 Å². The van der Waals surface area contributed by atoms with Gasteiger partial charge in [0.1, 0.15) is 6.10 Å². The first-order chi connectivity index (χ1) is 10.5. The van der Waals surface area contributed by atoms with Crippen LogP contribution in [0.4, 0.5) is 0 Å². The third kappa shape index (κ3) is 2.92. The maximum Gasteiger partial charge on any atom is 0.109 e. The highest BCUT2D eigenvalue weighted by molar-refractivity contribution is 5.18. The van der Waals surface area contributed by atoms with Crippen molar-refractivity contribution in [3.63, 3.8) is 0 Å². The molecule has 2 rings (SSSR count). The second kappa shape index (κ2) is 6.02. The molecule has 3 N–H and O–H groups in total. The fourth-order valence-electron chi connectivity index (χ4n) is 5.67. The zero-order valence-electron chi connectivity index (χ0n) is 15.3. The highest BCUT2D eigenvalue weighted by Crippen LogP contribution is 2.62. The summed E-state index contributed by atoms with van der Waals surface area (Å²) in [6.45, 7) is 14.0. The van der Waals surface area contributed by atoms with Crippen molar-refractivity contribution in [2.75, 3.05) is 0 Å². The summed E-state index contributed by atoms with van der Waals surface area (Å²) in [6, 6.07) is 0. The van der Waals surface area contributed by atoms with E-state index >= 15 is 0 Å². The van der Waals surface area contributed by atoms with Gasteiger partial charge in [-0.15, -0.1) is 0 Å². The van der Waals surface area contributed by atoms with Crippen molar-refractivity contribution >= 4 is 0 Å². The molecular formula is C20H34O3. The number of rotatable bonds is 3. The van der Waals surface area contributed by atoms with Crippen LogP contribution >= 0.6 is 0 Å². The molecular weight excluding hydrogens is 288 g/mol. The smallest absolute Gasteiger partial charge is 0.109 e. The van der Waals surface area contributed by atoms with Gasteiger partial charge >= 0.3 is 0 Å². The Balaban J connectivity index is 2.49. The lowest BCUT2D eigenvalue weighted by atomic mass is 9.43. The van der Waals surface area contributed by atoms with Gasteiger partial charge in [0.05, 0.1) is 11.7 Å². The summed E-state index contributed by atoms with van der Waals surface area (Å²) in [6.07, 6.45) is 5.73. The molecule has 0 radical (unpaired) electrons. The molecule has 0 heterocycles. The van der Waals surface area contributed by atoms with Crippen LogP contribution in [0.5, 0.6) is 0 Å². The van der Waals surface area contributed by atoms with E-state index in [1.807, 2.05) is 13.0 Å². The Morgan fingerprint density at radius 3 is 2.35 bits per heavy atom. The largest absolute Gasteiger partial charge is 0.390 e. The SMILES string of the molecule is C=C/C(C)=C\CC1C(C)(O)C(O)C(O)C2C(C)(C)CCCC21C. The van der Waals surface area contributed by atoms with Crippen LogP contribution in [-0.2, 0) is 0 Å². The minimum atomic E-state index is -1.30. The summed E-state index contributed by atoms with van der Waals surface area (Å²) in [5.41, 5.74) is -0.450. The Morgan fingerprint density at radius 2 is 1.78 bits per heavy atom. The van der Waals surface area contributed by atoms with Crippen molar-refractivity contribution in [1.29, 1.82) is 0 Å². The molecule has 0 amide bonds. The Morgan fingerprint density at radius 1 is 1.17 bits per heavy atom. The van der Waals surface area contributed by atoms with E-state index in [4.69, 9.17) is 0 Å². The summed E-state index contributed by atoms with van der Waals surface area (Å²) >= 11 is 0. The van der Waals surface area contributed by atoms with E-state index in [9.17, 15) is 15.3 Å². The van der Waals surface area contributed by atoms with E-state index in [0.717, 1.165) is 24.8 Å². The Hall–Kier alpha value is -0.640.